The molecule has 3 rings (SSSR count). The van der Waals surface area contributed by atoms with Crippen molar-refractivity contribution < 1.29 is 4.79 Å². The zero-order valence-corrected chi connectivity index (χ0v) is 16.4. The Hall–Kier alpha value is -1.11. The van der Waals surface area contributed by atoms with Crippen molar-refractivity contribution in [1.29, 1.82) is 0 Å². The predicted molar refractivity (Wildman–Crippen MR) is 105 cm³/mol. The number of amides is 1. The second-order valence-corrected chi connectivity index (χ2v) is 7.87. The van der Waals surface area contributed by atoms with Crippen LogP contribution >= 0.6 is 34.5 Å². The number of piperazine rings is 1. The summed E-state index contributed by atoms with van der Waals surface area (Å²) in [5.74, 6) is -0.170. The lowest BCUT2D eigenvalue weighted by Gasteiger charge is -2.38. The van der Waals surface area contributed by atoms with Crippen molar-refractivity contribution in [2.24, 2.45) is 0 Å². The van der Waals surface area contributed by atoms with E-state index >= 15 is 0 Å². The zero-order chi connectivity index (χ0) is 17.8. The smallest absolute Gasteiger partial charge is 0.252 e. The second kappa shape index (κ2) is 8.52. The Morgan fingerprint density at radius 1 is 1.24 bits per heavy atom. The van der Waals surface area contributed by atoms with Crippen LogP contribution in [0.15, 0.2) is 35.0 Å². The Morgan fingerprint density at radius 2 is 2.00 bits per heavy atom. The average Bonchev–Trinajstić information content (AvgIpc) is 3.10. The number of nitrogens with zero attached hydrogens (tertiary/aromatic N) is 2. The van der Waals surface area contributed by atoms with E-state index in [1.165, 1.54) is 5.56 Å². The number of carbonyl (C=O) groups is 1. The number of rotatable bonds is 5. The summed E-state index contributed by atoms with van der Waals surface area (Å²) in [5.41, 5.74) is 1.70. The number of thiophene rings is 1. The summed E-state index contributed by atoms with van der Waals surface area (Å²) in [4.78, 5) is 17.3. The summed E-state index contributed by atoms with van der Waals surface area (Å²) in [6.45, 7) is 4.62. The van der Waals surface area contributed by atoms with Crippen LogP contribution in [0, 0.1) is 0 Å². The zero-order valence-electron chi connectivity index (χ0n) is 14.0. The van der Waals surface area contributed by atoms with Gasteiger partial charge in [-0.1, -0.05) is 23.2 Å². The van der Waals surface area contributed by atoms with Crippen molar-refractivity contribution in [1.82, 2.24) is 15.1 Å². The fraction of sp³-hybridized carbons (Fsp3) is 0.389. The molecule has 0 aliphatic carbocycles. The van der Waals surface area contributed by atoms with Gasteiger partial charge in [0.05, 0.1) is 16.6 Å². The van der Waals surface area contributed by atoms with Gasteiger partial charge >= 0.3 is 0 Å². The minimum Gasteiger partial charge on any atom is -0.350 e. The first kappa shape index (κ1) is 18.7. The van der Waals surface area contributed by atoms with E-state index in [0.717, 1.165) is 26.2 Å². The first-order valence-electron chi connectivity index (χ1n) is 8.22. The van der Waals surface area contributed by atoms with Crippen LogP contribution in [0.25, 0.3) is 0 Å². The Morgan fingerprint density at radius 3 is 2.64 bits per heavy atom. The molecule has 1 N–H and O–H groups in total. The number of hydrogen-bond donors (Lipinski definition) is 1. The molecule has 0 saturated carbocycles. The van der Waals surface area contributed by atoms with E-state index in [9.17, 15) is 4.79 Å². The van der Waals surface area contributed by atoms with E-state index < -0.39 is 0 Å². The maximum absolute atomic E-state index is 12.5. The van der Waals surface area contributed by atoms with E-state index in [-0.39, 0.29) is 11.9 Å². The average molecular weight is 398 g/mol. The minimum absolute atomic E-state index is 0.170. The maximum atomic E-state index is 12.5. The molecule has 1 atom stereocenters. The van der Waals surface area contributed by atoms with Crippen LogP contribution in [0.1, 0.15) is 22.0 Å². The second-order valence-electron chi connectivity index (χ2n) is 6.25. The van der Waals surface area contributed by atoms with Gasteiger partial charge in [0.2, 0.25) is 0 Å². The predicted octanol–water partition coefficient (Wildman–Crippen LogP) is 3.77. The van der Waals surface area contributed by atoms with Gasteiger partial charge in [0.1, 0.15) is 0 Å². The highest BCUT2D eigenvalue weighted by molar-refractivity contribution is 7.08. The van der Waals surface area contributed by atoms with Crippen molar-refractivity contribution in [2.75, 3.05) is 39.8 Å². The fourth-order valence-electron chi connectivity index (χ4n) is 3.01. The van der Waals surface area contributed by atoms with E-state index in [2.05, 4.69) is 39.0 Å². The molecule has 1 unspecified atom stereocenters. The molecule has 1 aromatic carbocycles. The number of carbonyl (C=O) groups excluding carboxylic acids is 1. The first-order chi connectivity index (χ1) is 12.0. The van der Waals surface area contributed by atoms with Gasteiger partial charge in [-0.15, -0.1) is 0 Å². The Labute approximate surface area is 162 Å². The van der Waals surface area contributed by atoms with E-state index in [1.807, 2.05) is 0 Å². The normalized spacial score (nSPS) is 17.4. The molecule has 1 aliphatic heterocycles. The van der Waals surface area contributed by atoms with Crippen molar-refractivity contribution in [2.45, 2.75) is 6.04 Å². The van der Waals surface area contributed by atoms with E-state index in [4.69, 9.17) is 23.2 Å². The molecule has 1 fully saturated rings. The molecule has 2 aromatic rings. The summed E-state index contributed by atoms with van der Waals surface area (Å²) < 4.78 is 0. The minimum atomic E-state index is -0.170. The number of nitrogens with one attached hydrogen (secondary N) is 1. The van der Waals surface area contributed by atoms with E-state index in [1.54, 1.807) is 29.5 Å². The number of likely N-dealkylation sites (N-methyl/N-ethyl adjacent to an activating group) is 1. The van der Waals surface area contributed by atoms with Crippen LogP contribution in [0.4, 0.5) is 0 Å². The van der Waals surface area contributed by atoms with Crippen LogP contribution in [0.3, 0.4) is 0 Å². The van der Waals surface area contributed by atoms with Gasteiger partial charge in [0.25, 0.3) is 5.91 Å². The van der Waals surface area contributed by atoms with Gasteiger partial charge in [0, 0.05) is 37.7 Å². The summed E-state index contributed by atoms with van der Waals surface area (Å²) in [6.07, 6.45) is 0. The topological polar surface area (TPSA) is 35.6 Å². The van der Waals surface area contributed by atoms with Crippen molar-refractivity contribution in [3.8, 4) is 0 Å². The summed E-state index contributed by atoms with van der Waals surface area (Å²) in [7, 11) is 2.14. The van der Waals surface area contributed by atoms with Gasteiger partial charge in [0.15, 0.2) is 0 Å². The summed E-state index contributed by atoms with van der Waals surface area (Å²) in [5, 5.41) is 8.17. The lowest BCUT2D eigenvalue weighted by Crippen LogP contribution is -2.48. The Kier molecular flexibility index (Phi) is 6.36. The largest absolute Gasteiger partial charge is 0.350 e. The van der Waals surface area contributed by atoms with Gasteiger partial charge in [-0.2, -0.15) is 11.3 Å². The van der Waals surface area contributed by atoms with E-state index in [0.29, 0.717) is 22.2 Å². The van der Waals surface area contributed by atoms with Gasteiger partial charge in [-0.25, -0.2) is 0 Å². The molecule has 25 heavy (non-hydrogen) atoms. The molecule has 0 radical (unpaired) electrons. The van der Waals surface area contributed by atoms with Crippen LogP contribution < -0.4 is 5.32 Å². The highest BCUT2D eigenvalue weighted by Gasteiger charge is 2.25. The monoisotopic (exact) mass is 397 g/mol. The molecular weight excluding hydrogens is 377 g/mol. The molecule has 2 heterocycles. The van der Waals surface area contributed by atoms with Gasteiger partial charge in [-0.3, -0.25) is 9.69 Å². The molecule has 134 valence electrons. The fourth-order valence-corrected chi connectivity index (χ4v) is 4.22. The van der Waals surface area contributed by atoms with Crippen LogP contribution in [-0.4, -0.2) is 55.5 Å². The highest BCUT2D eigenvalue weighted by atomic mass is 35.5. The molecule has 1 aromatic heterocycles. The van der Waals surface area contributed by atoms with Crippen molar-refractivity contribution >= 4 is 40.4 Å². The van der Waals surface area contributed by atoms with Crippen molar-refractivity contribution in [3.63, 3.8) is 0 Å². The van der Waals surface area contributed by atoms with Crippen molar-refractivity contribution in [3.05, 3.63) is 56.2 Å². The standard InChI is InChI=1S/C18H21Cl2N3OS/c1-22-5-7-23(8-6-22)17(13-4-9-25-12-13)11-21-18(24)15-3-2-14(19)10-16(15)20/h2-4,9-10,12,17H,5-8,11H2,1H3,(H,21,24). The Bertz CT molecular complexity index is 715. The van der Waals surface area contributed by atoms with Crippen LogP contribution in [0.2, 0.25) is 10.0 Å². The molecular formula is C18H21Cl2N3OS. The first-order valence-corrected chi connectivity index (χ1v) is 9.92. The third-order valence-electron chi connectivity index (χ3n) is 4.54. The molecule has 4 nitrogen and oxygen atoms in total. The molecule has 7 heteroatoms. The molecule has 1 amide bonds. The third kappa shape index (κ3) is 4.74. The quantitative estimate of drug-likeness (QED) is 0.833. The molecule has 0 spiro atoms. The van der Waals surface area contributed by atoms with Gasteiger partial charge < -0.3 is 10.2 Å². The summed E-state index contributed by atoms with van der Waals surface area (Å²) >= 11 is 13.7. The third-order valence-corrected chi connectivity index (χ3v) is 5.79. The highest BCUT2D eigenvalue weighted by Crippen LogP contribution is 2.25. The number of halogens is 2. The van der Waals surface area contributed by atoms with Crippen LogP contribution in [-0.2, 0) is 0 Å². The molecule has 1 aliphatic rings. The number of hydrogen-bond acceptors (Lipinski definition) is 4. The molecule has 1 saturated heterocycles. The molecule has 0 bridgehead atoms. The lowest BCUT2D eigenvalue weighted by molar-refractivity contribution is 0.0887. The maximum Gasteiger partial charge on any atom is 0.252 e. The van der Waals surface area contributed by atoms with Crippen LogP contribution in [0.5, 0.6) is 0 Å². The Balaban J connectivity index is 1.69. The van der Waals surface area contributed by atoms with Gasteiger partial charge in [-0.05, 0) is 47.6 Å². The number of benzene rings is 1. The summed E-state index contributed by atoms with van der Waals surface area (Å²) in [6, 6.07) is 7.24. The SMILES string of the molecule is CN1CCN(C(CNC(=O)c2ccc(Cl)cc2Cl)c2ccsc2)CC1. The lowest BCUT2D eigenvalue weighted by atomic mass is 10.1.